The van der Waals surface area contributed by atoms with Gasteiger partial charge in [0.05, 0.1) is 24.9 Å². The van der Waals surface area contributed by atoms with E-state index in [2.05, 4.69) is 11.7 Å². The number of hydrogen-bond donors (Lipinski definition) is 1. The van der Waals surface area contributed by atoms with E-state index in [1.165, 1.54) is 0 Å². The summed E-state index contributed by atoms with van der Waals surface area (Å²) >= 11 is 5.46. The summed E-state index contributed by atoms with van der Waals surface area (Å²) < 4.78 is 43.9. The van der Waals surface area contributed by atoms with Crippen molar-refractivity contribution in [1.82, 2.24) is 4.90 Å². The van der Waals surface area contributed by atoms with Crippen molar-refractivity contribution in [2.75, 3.05) is 26.3 Å². The highest BCUT2D eigenvalue weighted by molar-refractivity contribution is 6.30. The Hall–Kier alpha value is -1.05. The summed E-state index contributed by atoms with van der Waals surface area (Å²) in [5.74, 6) is 0. The SMILES string of the molecule is C=N/C(Cl)=C(\C=C(/C)N1CCOC(CO)C1)C(F)(F)F. The fourth-order valence-corrected chi connectivity index (χ4v) is 1.96. The summed E-state index contributed by atoms with van der Waals surface area (Å²) in [6.07, 6.45) is -4.09. The normalized spacial score (nSPS) is 22.6. The Morgan fingerprint density at radius 1 is 1.60 bits per heavy atom. The van der Waals surface area contributed by atoms with E-state index in [4.69, 9.17) is 21.4 Å². The van der Waals surface area contributed by atoms with Crippen LogP contribution in [0.5, 0.6) is 0 Å². The van der Waals surface area contributed by atoms with E-state index in [0.717, 1.165) is 6.08 Å². The first-order valence-corrected chi connectivity index (χ1v) is 6.26. The van der Waals surface area contributed by atoms with E-state index < -0.39 is 23.0 Å². The van der Waals surface area contributed by atoms with E-state index in [1.807, 2.05) is 0 Å². The first-order valence-electron chi connectivity index (χ1n) is 5.89. The lowest BCUT2D eigenvalue weighted by atomic mass is 10.2. The number of aliphatic imine (C=N–C) groups is 1. The van der Waals surface area contributed by atoms with Gasteiger partial charge in [0.25, 0.3) is 0 Å². The minimum atomic E-state index is -4.61. The third-order valence-electron chi connectivity index (χ3n) is 2.86. The van der Waals surface area contributed by atoms with E-state index in [-0.39, 0.29) is 6.61 Å². The van der Waals surface area contributed by atoms with Gasteiger partial charge in [0.15, 0.2) is 0 Å². The minimum absolute atomic E-state index is 0.180. The minimum Gasteiger partial charge on any atom is -0.394 e. The molecular weight excluding hydrogens is 297 g/mol. The van der Waals surface area contributed by atoms with Gasteiger partial charge in [0.1, 0.15) is 5.16 Å². The Balaban J connectivity index is 2.98. The topological polar surface area (TPSA) is 45.1 Å². The van der Waals surface area contributed by atoms with Gasteiger partial charge in [-0.3, -0.25) is 4.99 Å². The van der Waals surface area contributed by atoms with E-state index in [9.17, 15) is 13.2 Å². The summed E-state index contributed by atoms with van der Waals surface area (Å²) in [6.45, 7) is 5.48. The number of allylic oxidation sites excluding steroid dienone is 3. The predicted molar refractivity (Wildman–Crippen MR) is 70.6 cm³/mol. The van der Waals surface area contributed by atoms with Crippen LogP contribution in [0.2, 0.25) is 0 Å². The fourth-order valence-electron chi connectivity index (χ4n) is 1.79. The molecule has 0 aromatic rings. The molecular formula is C12H16ClF3N2O2. The number of hydrogen-bond acceptors (Lipinski definition) is 4. The second-order valence-corrected chi connectivity index (χ2v) is 4.63. The molecule has 0 radical (unpaired) electrons. The van der Waals surface area contributed by atoms with Crippen molar-refractivity contribution in [2.45, 2.75) is 19.2 Å². The number of rotatable bonds is 4. The summed E-state index contributed by atoms with van der Waals surface area (Å²) in [7, 11) is 0. The van der Waals surface area contributed by atoms with Crippen molar-refractivity contribution in [3.05, 3.63) is 22.5 Å². The van der Waals surface area contributed by atoms with Crippen molar-refractivity contribution < 1.29 is 23.0 Å². The zero-order chi connectivity index (χ0) is 15.3. The molecule has 1 aliphatic rings. The monoisotopic (exact) mass is 312 g/mol. The number of ether oxygens (including phenoxy) is 1. The van der Waals surface area contributed by atoms with Crippen LogP contribution in [0, 0.1) is 0 Å². The van der Waals surface area contributed by atoms with Gasteiger partial charge in [-0.2, -0.15) is 13.2 Å². The molecule has 0 aliphatic carbocycles. The van der Waals surface area contributed by atoms with Gasteiger partial charge in [0, 0.05) is 18.8 Å². The third kappa shape index (κ3) is 4.50. The maximum absolute atomic E-state index is 12.9. The average molecular weight is 313 g/mol. The molecule has 0 amide bonds. The second-order valence-electron chi connectivity index (χ2n) is 4.27. The Bertz CT molecular complexity index is 421. The van der Waals surface area contributed by atoms with Crippen molar-refractivity contribution in [3.8, 4) is 0 Å². The first kappa shape index (κ1) is 17.0. The van der Waals surface area contributed by atoms with Gasteiger partial charge in [0.2, 0.25) is 0 Å². The van der Waals surface area contributed by atoms with Gasteiger partial charge in [-0.05, 0) is 19.7 Å². The Labute approximate surface area is 120 Å². The molecule has 1 N–H and O–H groups in total. The smallest absolute Gasteiger partial charge is 0.394 e. The molecule has 1 rings (SSSR count). The van der Waals surface area contributed by atoms with Crippen molar-refractivity contribution in [2.24, 2.45) is 4.99 Å². The van der Waals surface area contributed by atoms with E-state index >= 15 is 0 Å². The van der Waals surface area contributed by atoms with Gasteiger partial charge >= 0.3 is 6.18 Å². The van der Waals surface area contributed by atoms with Crippen LogP contribution in [0.15, 0.2) is 27.5 Å². The van der Waals surface area contributed by atoms with Crippen LogP contribution in [-0.2, 0) is 4.74 Å². The molecule has 20 heavy (non-hydrogen) atoms. The van der Waals surface area contributed by atoms with Crippen LogP contribution < -0.4 is 0 Å². The molecule has 1 atom stereocenters. The second kappa shape index (κ2) is 7.10. The Kier molecular flexibility index (Phi) is 6.04. The molecule has 0 saturated carbocycles. The zero-order valence-corrected chi connectivity index (χ0v) is 11.7. The van der Waals surface area contributed by atoms with Gasteiger partial charge in [-0.15, -0.1) is 0 Å². The molecule has 1 aliphatic heterocycles. The maximum Gasteiger partial charge on any atom is 0.419 e. The largest absolute Gasteiger partial charge is 0.419 e. The lowest BCUT2D eigenvalue weighted by molar-refractivity contribution is -0.0889. The van der Waals surface area contributed by atoms with Crippen LogP contribution in [0.25, 0.3) is 0 Å². The number of alkyl halides is 3. The van der Waals surface area contributed by atoms with Crippen LogP contribution in [0.3, 0.4) is 0 Å². The van der Waals surface area contributed by atoms with Gasteiger partial charge in [-0.25, -0.2) is 0 Å². The summed E-state index contributed by atoms with van der Waals surface area (Å²) in [5, 5.41) is 8.33. The zero-order valence-electron chi connectivity index (χ0n) is 11.0. The summed E-state index contributed by atoms with van der Waals surface area (Å²) in [6, 6.07) is 0. The molecule has 1 unspecified atom stereocenters. The molecule has 114 valence electrons. The summed E-state index contributed by atoms with van der Waals surface area (Å²) in [5.41, 5.74) is -0.667. The number of halogens is 4. The van der Waals surface area contributed by atoms with E-state index in [0.29, 0.717) is 25.4 Å². The average Bonchev–Trinajstić information content (AvgIpc) is 2.42. The lowest BCUT2D eigenvalue weighted by Crippen LogP contribution is -2.43. The molecule has 1 fully saturated rings. The van der Waals surface area contributed by atoms with E-state index in [1.54, 1.807) is 11.8 Å². The molecule has 8 heteroatoms. The summed E-state index contributed by atoms with van der Waals surface area (Å²) in [4.78, 5) is 4.83. The number of aliphatic hydroxyl groups excluding tert-OH is 1. The Morgan fingerprint density at radius 3 is 2.75 bits per heavy atom. The third-order valence-corrected chi connectivity index (χ3v) is 3.18. The molecule has 0 aromatic heterocycles. The van der Waals surface area contributed by atoms with Gasteiger partial charge < -0.3 is 14.7 Å². The van der Waals surface area contributed by atoms with Gasteiger partial charge in [-0.1, -0.05) is 11.6 Å². The highest BCUT2D eigenvalue weighted by Crippen LogP contribution is 2.32. The van der Waals surface area contributed by atoms with Crippen LogP contribution in [0.1, 0.15) is 6.92 Å². The predicted octanol–water partition coefficient (Wildman–Crippen LogP) is 2.30. The standard InChI is InChI=1S/C12H16ClF3N2O2/c1-8(18-3-4-20-9(6-18)7-19)5-10(11(13)17-2)12(14,15)16/h5,9,19H,2-4,6-7H2,1H3/b8-5+,11-10+. The Morgan fingerprint density at radius 2 is 2.25 bits per heavy atom. The molecule has 1 heterocycles. The number of aliphatic hydroxyl groups is 1. The first-order chi connectivity index (χ1) is 9.29. The van der Waals surface area contributed by atoms with Crippen molar-refractivity contribution in [1.29, 1.82) is 0 Å². The maximum atomic E-state index is 12.9. The lowest BCUT2D eigenvalue weighted by Gasteiger charge is -2.34. The number of nitrogens with zero attached hydrogens (tertiary/aromatic N) is 2. The molecule has 1 saturated heterocycles. The quantitative estimate of drug-likeness (QED) is 0.492. The molecule has 0 spiro atoms. The molecule has 0 bridgehead atoms. The van der Waals surface area contributed by atoms with Crippen LogP contribution in [0.4, 0.5) is 13.2 Å². The highest BCUT2D eigenvalue weighted by Gasteiger charge is 2.35. The van der Waals surface area contributed by atoms with Crippen molar-refractivity contribution >= 4 is 18.3 Å². The molecule has 0 aromatic carbocycles. The van der Waals surface area contributed by atoms with Crippen molar-refractivity contribution in [3.63, 3.8) is 0 Å². The number of morpholine rings is 1. The molecule has 4 nitrogen and oxygen atoms in total. The van der Waals surface area contributed by atoms with Crippen LogP contribution >= 0.6 is 11.6 Å². The highest BCUT2D eigenvalue weighted by atomic mass is 35.5. The van der Waals surface area contributed by atoms with Crippen LogP contribution in [-0.4, -0.2) is 55.3 Å². The fraction of sp³-hybridized carbons (Fsp3) is 0.583.